The lowest BCUT2D eigenvalue weighted by atomic mass is 10.1. The number of hydrogen-bond acceptors (Lipinski definition) is 5. The van der Waals surface area contributed by atoms with E-state index in [4.69, 9.17) is 18.9 Å². The fourth-order valence-electron chi connectivity index (χ4n) is 3.17. The maximum atomic E-state index is 12.8. The summed E-state index contributed by atoms with van der Waals surface area (Å²) in [6.45, 7) is 8.31. The van der Waals surface area contributed by atoms with Gasteiger partial charge in [0.05, 0.1) is 25.5 Å². The number of methoxy groups -OCH3 is 1. The molecule has 0 spiro atoms. The molecule has 0 aliphatic carbocycles. The van der Waals surface area contributed by atoms with Gasteiger partial charge in [0.15, 0.2) is 11.5 Å². The molecule has 3 rings (SSSR count). The predicted molar refractivity (Wildman–Crippen MR) is 108 cm³/mol. The van der Waals surface area contributed by atoms with Gasteiger partial charge in [-0.25, -0.2) is 0 Å². The van der Waals surface area contributed by atoms with Crippen molar-refractivity contribution < 1.29 is 23.7 Å². The van der Waals surface area contributed by atoms with Gasteiger partial charge < -0.3 is 24.3 Å². The van der Waals surface area contributed by atoms with Crippen LogP contribution in [0.1, 0.15) is 43.6 Å². The lowest BCUT2D eigenvalue weighted by Crippen LogP contribution is -2.14. The topological polar surface area (TPSA) is 66.0 Å². The van der Waals surface area contributed by atoms with Gasteiger partial charge in [0.25, 0.3) is 5.91 Å². The van der Waals surface area contributed by atoms with Crippen LogP contribution in [-0.2, 0) is 6.42 Å². The molecule has 150 valence electrons. The van der Waals surface area contributed by atoms with Crippen molar-refractivity contribution in [3.63, 3.8) is 0 Å². The number of hydrogen-bond donors (Lipinski definition) is 1. The van der Waals surface area contributed by atoms with Crippen LogP contribution in [0.25, 0.3) is 0 Å². The standard InChI is InChI=1S/C22H27NO5/c1-6-26-20-11-16-9-14(4)28-19(16)12-17(20)23-22(24)15-7-8-18(27-13(2)3)21(10-15)25-5/h7-8,10-14H,6,9H2,1-5H3,(H,23,24)/t14-/m1/s1. The Labute approximate surface area is 165 Å². The van der Waals surface area contributed by atoms with Crippen LogP contribution in [0.15, 0.2) is 30.3 Å². The highest BCUT2D eigenvalue weighted by molar-refractivity contribution is 6.05. The minimum Gasteiger partial charge on any atom is -0.493 e. The van der Waals surface area contributed by atoms with E-state index >= 15 is 0 Å². The fourth-order valence-corrected chi connectivity index (χ4v) is 3.17. The number of amides is 1. The van der Waals surface area contributed by atoms with Crippen LogP contribution >= 0.6 is 0 Å². The monoisotopic (exact) mass is 385 g/mol. The largest absolute Gasteiger partial charge is 0.493 e. The first kappa shape index (κ1) is 19.9. The Hall–Kier alpha value is -2.89. The van der Waals surface area contributed by atoms with E-state index < -0.39 is 0 Å². The molecular formula is C22H27NO5. The Morgan fingerprint density at radius 3 is 2.68 bits per heavy atom. The van der Waals surface area contributed by atoms with Crippen LogP contribution < -0.4 is 24.3 Å². The van der Waals surface area contributed by atoms with Gasteiger partial charge in [0.2, 0.25) is 0 Å². The number of benzene rings is 2. The van der Waals surface area contributed by atoms with Gasteiger partial charge in [-0.2, -0.15) is 0 Å². The molecule has 0 radical (unpaired) electrons. The maximum Gasteiger partial charge on any atom is 0.255 e. The third-order valence-corrected chi connectivity index (χ3v) is 4.33. The summed E-state index contributed by atoms with van der Waals surface area (Å²) in [4.78, 5) is 12.8. The van der Waals surface area contributed by atoms with Crippen molar-refractivity contribution in [2.24, 2.45) is 0 Å². The number of nitrogens with one attached hydrogen (secondary N) is 1. The molecule has 1 aliphatic heterocycles. The third-order valence-electron chi connectivity index (χ3n) is 4.33. The van der Waals surface area contributed by atoms with Crippen molar-refractivity contribution in [3.05, 3.63) is 41.5 Å². The number of rotatable bonds is 7. The van der Waals surface area contributed by atoms with Crippen LogP contribution in [0.3, 0.4) is 0 Å². The van der Waals surface area contributed by atoms with Crippen LogP contribution in [0.4, 0.5) is 5.69 Å². The summed E-state index contributed by atoms with van der Waals surface area (Å²) in [5, 5.41) is 2.93. The number of fused-ring (bicyclic) bond motifs is 1. The van der Waals surface area contributed by atoms with Gasteiger partial charge in [-0.05, 0) is 52.0 Å². The quantitative estimate of drug-likeness (QED) is 0.762. The van der Waals surface area contributed by atoms with Gasteiger partial charge in [0, 0.05) is 23.6 Å². The summed E-state index contributed by atoms with van der Waals surface area (Å²) in [7, 11) is 1.55. The molecule has 1 amide bonds. The molecule has 28 heavy (non-hydrogen) atoms. The summed E-state index contributed by atoms with van der Waals surface area (Å²) < 4.78 is 22.6. The molecule has 2 aromatic rings. The maximum absolute atomic E-state index is 12.8. The zero-order valence-electron chi connectivity index (χ0n) is 17.0. The van der Waals surface area contributed by atoms with Gasteiger partial charge in [0.1, 0.15) is 17.6 Å². The van der Waals surface area contributed by atoms with Crippen molar-refractivity contribution in [1.82, 2.24) is 0 Å². The molecule has 0 aromatic heterocycles. The highest BCUT2D eigenvalue weighted by Crippen LogP contribution is 2.38. The molecule has 0 unspecified atom stereocenters. The molecule has 6 nitrogen and oxygen atoms in total. The van der Waals surface area contributed by atoms with Crippen LogP contribution in [0.5, 0.6) is 23.0 Å². The van der Waals surface area contributed by atoms with E-state index in [0.717, 1.165) is 17.7 Å². The average molecular weight is 385 g/mol. The summed E-state index contributed by atoms with van der Waals surface area (Å²) in [6.07, 6.45) is 0.960. The normalized spacial score (nSPS) is 15.0. The summed E-state index contributed by atoms with van der Waals surface area (Å²) in [5.74, 6) is 2.27. The van der Waals surface area contributed by atoms with Gasteiger partial charge in [-0.3, -0.25) is 4.79 Å². The molecule has 1 aliphatic rings. The minimum atomic E-state index is -0.263. The number of anilines is 1. The van der Waals surface area contributed by atoms with Gasteiger partial charge in [-0.15, -0.1) is 0 Å². The van der Waals surface area contributed by atoms with Crippen molar-refractivity contribution in [2.75, 3.05) is 19.0 Å². The Kier molecular flexibility index (Phi) is 5.97. The number of carbonyl (C=O) groups is 1. The average Bonchev–Trinajstić information content (AvgIpc) is 3.00. The first-order chi connectivity index (χ1) is 13.4. The van der Waals surface area contributed by atoms with E-state index in [0.29, 0.717) is 35.1 Å². The van der Waals surface area contributed by atoms with E-state index in [1.54, 1.807) is 25.3 Å². The molecule has 2 aromatic carbocycles. The van der Waals surface area contributed by atoms with E-state index in [9.17, 15) is 4.79 Å². The zero-order chi connectivity index (χ0) is 20.3. The zero-order valence-corrected chi connectivity index (χ0v) is 17.0. The van der Waals surface area contributed by atoms with Crippen molar-refractivity contribution >= 4 is 11.6 Å². The van der Waals surface area contributed by atoms with Crippen molar-refractivity contribution in [3.8, 4) is 23.0 Å². The second-order valence-corrected chi connectivity index (χ2v) is 7.01. The minimum absolute atomic E-state index is 0.0103. The lowest BCUT2D eigenvalue weighted by Gasteiger charge is -2.16. The van der Waals surface area contributed by atoms with E-state index in [1.165, 1.54) is 0 Å². The van der Waals surface area contributed by atoms with E-state index in [-0.39, 0.29) is 18.1 Å². The van der Waals surface area contributed by atoms with Gasteiger partial charge in [-0.1, -0.05) is 0 Å². The smallest absolute Gasteiger partial charge is 0.255 e. The highest BCUT2D eigenvalue weighted by atomic mass is 16.5. The summed E-state index contributed by atoms with van der Waals surface area (Å²) in [6, 6.07) is 8.89. The first-order valence-electron chi connectivity index (χ1n) is 9.53. The van der Waals surface area contributed by atoms with Crippen LogP contribution in [0.2, 0.25) is 0 Å². The third kappa shape index (κ3) is 4.32. The van der Waals surface area contributed by atoms with Crippen LogP contribution in [0, 0.1) is 0 Å². The van der Waals surface area contributed by atoms with Crippen molar-refractivity contribution in [1.29, 1.82) is 0 Å². The molecule has 6 heteroatoms. The Morgan fingerprint density at radius 2 is 2.00 bits per heavy atom. The second-order valence-electron chi connectivity index (χ2n) is 7.01. The molecular weight excluding hydrogens is 358 g/mol. The molecule has 0 saturated carbocycles. The lowest BCUT2D eigenvalue weighted by molar-refractivity contribution is 0.102. The van der Waals surface area contributed by atoms with Crippen molar-refractivity contribution in [2.45, 2.75) is 46.3 Å². The second kappa shape index (κ2) is 8.42. The fraction of sp³-hybridized carbons (Fsp3) is 0.409. The van der Waals surface area contributed by atoms with Gasteiger partial charge >= 0.3 is 0 Å². The first-order valence-corrected chi connectivity index (χ1v) is 9.53. The Morgan fingerprint density at radius 1 is 1.21 bits per heavy atom. The molecule has 1 N–H and O–H groups in total. The number of ether oxygens (including phenoxy) is 4. The molecule has 0 bridgehead atoms. The van der Waals surface area contributed by atoms with Crippen LogP contribution in [-0.4, -0.2) is 31.8 Å². The SMILES string of the molecule is CCOc1cc2c(cc1NC(=O)c1ccc(OC(C)C)c(OC)c1)O[C@H](C)C2. The Balaban J connectivity index is 1.85. The summed E-state index contributed by atoms with van der Waals surface area (Å²) in [5.41, 5.74) is 2.14. The highest BCUT2D eigenvalue weighted by Gasteiger charge is 2.23. The summed E-state index contributed by atoms with van der Waals surface area (Å²) >= 11 is 0. The van der Waals surface area contributed by atoms with E-state index in [2.05, 4.69) is 5.32 Å². The molecule has 1 atom stereocenters. The molecule has 0 fully saturated rings. The Bertz CT molecular complexity index is 862. The molecule has 0 saturated heterocycles. The predicted octanol–water partition coefficient (Wildman–Crippen LogP) is 4.46. The molecule has 1 heterocycles. The van der Waals surface area contributed by atoms with E-state index in [1.807, 2.05) is 39.8 Å². The number of carbonyl (C=O) groups excluding carboxylic acids is 1.